The maximum atomic E-state index is 5.08. The zero-order chi connectivity index (χ0) is 13.9. The molecule has 0 atom stereocenters. The fraction of sp³-hybridized carbons (Fsp3) is 0.308. The smallest absolute Gasteiger partial charge is 0.157 e. The molecular weight excluding hydrogens is 256 g/mol. The van der Waals surface area contributed by atoms with Gasteiger partial charge in [-0.05, 0) is 6.92 Å². The number of imidazole rings is 2. The summed E-state index contributed by atoms with van der Waals surface area (Å²) < 4.78 is 7.04. The van der Waals surface area contributed by atoms with Gasteiger partial charge in [-0.25, -0.2) is 9.97 Å². The third-order valence-corrected chi connectivity index (χ3v) is 2.99. The number of fused-ring (bicyclic) bond motifs is 1. The number of anilines is 1. The summed E-state index contributed by atoms with van der Waals surface area (Å²) >= 11 is 0. The number of hydrogen-bond acceptors (Lipinski definition) is 5. The number of H-pyrrole nitrogens is 1. The number of aromatic nitrogens is 5. The highest BCUT2D eigenvalue weighted by molar-refractivity contribution is 5.73. The van der Waals surface area contributed by atoms with Crippen LogP contribution in [0.2, 0.25) is 0 Å². The molecule has 0 unspecified atom stereocenters. The predicted octanol–water partition coefficient (Wildman–Crippen LogP) is 1.49. The van der Waals surface area contributed by atoms with Crippen molar-refractivity contribution in [1.82, 2.24) is 24.3 Å². The number of ether oxygens (including phenoxy) is 1. The molecular formula is C13H16N6O. The first kappa shape index (κ1) is 12.6. The number of aryl methyl sites for hydroxylation is 1. The number of hydrogen-bond donors (Lipinski definition) is 2. The summed E-state index contributed by atoms with van der Waals surface area (Å²) in [6, 6.07) is 0. The summed E-state index contributed by atoms with van der Waals surface area (Å²) in [6.45, 7) is 3.24. The summed E-state index contributed by atoms with van der Waals surface area (Å²) in [5.74, 6) is 1.76. The average Bonchev–Trinajstić information content (AvgIpc) is 3.03. The van der Waals surface area contributed by atoms with Crippen molar-refractivity contribution in [3.8, 4) is 11.4 Å². The Kier molecular flexibility index (Phi) is 3.34. The average molecular weight is 272 g/mol. The SMILES string of the molecule is COCCNc1c(-c2cnc(C)[nH]2)nc2cnccn12. The van der Waals surface area contributed by atoms with Crippen molar-refractivity contribution >= 4 is 11.5 Å². The third-order valence-electron chi connectivity index (χ3n) is 2.99. The van der Waals surface area contributed by atoms with Gasteiger partial charge in [-0.1, -0.05) is 0 Å². The second-order valence-electron chi connectivity index (χ2n) is 4.42. The lowest BCUT2D eigenvalue weighted by Crippen LogP contribution is -2.10. The first-order valence-electron chi connectivity index (χ1n) is 6.36. The first-order valence-corrected chi connectivity index (χ1v) is 6.36. The van der Waals surface area contributed by atoms with E-state index in [9.17, 15) is 0 Å². The fourth-order valence-corrected chi connectivity index (χ4v) is 2.08. The van der Waals surface area contributed by atoms with Crippen LogP contribution in [-0.2, 0) is 4.74 Å². The summed E-state index contributed by atoms with van der Waals surface area (Å²) in [4.78, 5) is 16.1. The molecule has 7 nitrogen and oxygen atoms in total. The van der Waals surface area contributed by atoms with Gasteiger partial charge in [-0.2, -0.15) is 0 Å². The van der Waals surface area contributed by atoms with Crippen molar-refractivity contribution in [2.45, 2.75) is 6.92 Å². The molecule has 104 valence electrons. The van der Waals surface area contributed by atoms with E-state index in [-0.39, 0.29) is 0 Å². The van der Waals surface area contributed by atoms with Crippen molar-refractivity contribution in [2.75, 3.05) is 25.6 Å². The maximum absolute atomic E-state index is 5.08. The lowest BCUT2D eigenvalue weighted by atomic mass is 10.3. The Morgan fingerprint density at radius 3 is 3.05 bits per heavy atom. The van der Waals surface area contributed by atoms with Gasteiger partial charge >= 0.3 is 0 Å². The Morgan fingerprint density at radius 1 is 1.40 bits per heavy atom. The molecule has 0 radical (unpaired) electrons. The van der Waals surface area contributed by atoms with Gasteiger partial charge in [0.15, 0.2) is 5.65 Å². The number of nitrogens with zero attached hydrogens (tertiary/aromatic N) is 4. The Balaban J connectivity index is 2.07. The summed E-state index contributed by atoms with van der Waals surface area (Å²) in [6.07, 6.45) is 7.13. The van der Waals surface area contributed by atoms with E-state index in [0.717, 1.165) is 28.7 Å². The van der Waals surface area contributed by atoms with Crippen LogP contribution in [0.4, 0.5) is 5.82 Å². The molecule has 0 fully saturated rings. The van der Waals surface area contributed by atoms with Crippen molar-refractivity contribution in [3.63, 3.8) is 0 Å². The second kappa shape index (κ2) is 5.30. The zero-order valence-electron chi connectivity index (χ0n) is 11.4. The van der Waals surface area contributed by atoms with Crippen LogP contribution in [0.5, 0.6) is 0 Å². The van der Waals surface area contributed by atoms with Gasteiger partial charge in [-0.3, -0.25) is 9.38 Å². The highest BCUT2D eigenvalue weighted by atomic mass is 16.5. The van der Waals surface area contributed by atoms with Gasteiger partial charge in [-0.15, -0.1) is 0 Å². The Hall–Kier alpha value is -2.41. The first-order chi connectivity index (χ1) is 9.79. The van der Waals surface area contributed by atoms with Gasteiger partial charge in [0.05, 0.1) is 24.7 Å². The van der Waals surface area contributed by atoms with Crippen LogP contribution < -0.4 is 5.32 Å². The lowest BCUT2D eigenvalue weighted by molar-refractivity contribution is 0.210. The lowest BCUT2D eigenvalue weighted by Gasteiger charge is -2.07. The minimum Gasteiger partial charge on any atom is -0.383 e. The van der Waals surface area contributed by atoms with Gasteiger partial charge < -0.3 is 15.0 Å². The third kappa shape index (κ3) is 2.23. The molecule has 0 amide bonds. The molecule has 20 heavy (non-hydrogen) atoms. The molecule has 3 heterocycles. The highest BCUT2D eigenvalue weighted by Crippen LogP contribution is 2.26. The standard InChI is InChI=1S/C13H16N6O/c1-9-16-7-10(17-9)12-13(15-4-6-20-2)19-5-3-14-8-11(19)18-12/h3,5,7-8,15H,4,6H2,1-2H3,(H,16,17). The number of rotatable bonds is 5. The normalized spacial score (nSPS) is 11.1. The van der Waals surface area contributed by atoms with Crippen LogP contribution in [-0.4, -0.2) is 44.6 Å². The van der Waals surface area contributed by atoms with Gasteiger partial charge in [0.25, 0.3) is 0 Å². The molecule has 2 N–H and O–H groups in total. The molecule has 0 bridgehead atoms. The van der Waals surface area contributed by atoms with E-state index in [0.29, 0.717) is 13.2 Å². The fourth-order valence-electron chi connectivity index (χ4n) is 2.08. The minimum atomic E-state index is 0.625. The van der Waals surface area contributed by atoms with Crippen molar-refractivity contribution < 1.29 is 4.74 Å². The van der Waals surface area contributed by atoms with Crippen LogP contribution in [0.15, 0.2) is 24.8 Å². The summed E-state index contributed by atoms with van der Waals surface area (Å²) in [7, 11) is 1.68. The molecule has 0 saturated carbocycles. The van der Waals surface area contributed by atoms with Crippen LogP contribution in [0.1, 0.15) is 5.82 Å². The molecule has 3 aromatic rings. The van der Waals surface area contributed by atoms with Gasteiger partial charge in [0.1, 0.15) is 17.3 Å². The van der Waals surface area contributed by atoms with E-state index in [2.05, 4.69) is 25.3 Å². The van der Waals surface area contributed by atoms with Gasteiger partial charge in [0, 0.05) is 26.0 Å². The molecule has 0 aliphatic carbocycles. The van der Waals surface area contributed by atoms with E-state index in [1.165, 1.54) is 0 Å². The Bertz CT molecular complexity index is 717. The summed E-state index contributed by atoms with van der Waals surface area (Å²) in [5.41, 5.74) is 2.50. The molecule has 3 aromatic heterocycles. The van der Waals surface area contributed by atoms with E-state index in [1.54, 1.807) is 25.7 Å². The van der Waals surface area contributed by atoms with Crippen molar-refractivity contribution in [2.24, 2.45) is 0 Å². The Labute approximate surface area is 116 Å². The van der Waals surface area contributed by atoms with Crippen molar-refractivity contribution in [1.29, 1.82) is 0 Å². The van der Waals surface area contributed by atoms with Gasteiger partial charge in [0.2, 0.25) is 0 Å². The van der Waals surface area contributed by atoms with E-state index in [4.69, 9.17) is 4.74 Å². The van der Waals surface area contributed by atoms with Crippen LogP contribution in [0.25, 0.3) is 17.0 Å². The van der Waals surface area contributed by atoms with E-state index < -0.39 is 0 Å². The molecule has 7 heteroatoms. The van der Waals surface area contributed by atoms with Crippen molar-refractivity contribution in [3.05, 3.63) is 30.6 Å². The second-order valence-corrected chi connectivity index (χ2v) is 4.42. The molecule has 3 rings (SSSR count). The van der Waals surface area contributed by atoms with Crippen LogP contribution in [0, 0.1) is 6.92 Å². The predicted molar refractivity (Wildman–Crippen MR) is 75.7 cm³/mol. The zero-order valence-corrected chi connectivity index (χ0v) is 11.4. The quantitative estimate of drug-likeness (QED) is 0.688. The number of methoxy groups -OCH3 is 1. The molecule has 0 aliphatic rings. The van der Waals surface area contributed by atoms with Crippen LogP contribution >= 0.6 is 0 Å². The number of aromatic amines is 1. The van der Waals surface area contributed by atoms with Crippen LogP contribution in [0.3, 0.4) is 0 Å². The van der Waals surface area contributed by atoms with E-state index in [1.807, 2.05) is 17.5 Å². The highest BCUT2D eigenvalue weighted by Gasteiger charge is 2.15. The molecule has 0 spiro atoms. The largest absolute Gasteiger partial charge is 0.383 e. The minimum absolute atomic E-state index is 0.625. The molecule has 0 aromatic carbocycles. The Morgan fingerprint density at radius 2 is 2.30 bits per heavy atom. The van der Waals surface area contributed by atoms with E-state index >= 15 is 0 Å². The molecule has 0 aliphatic heterocycles. The maximum Gasteiger partial charge on any atom is 0.157 e. The topological polar surface area (TPSA) is 80.1 Å². The molecule has 0 saturated heterocycles. The summed E-state index contributed by atoms with van der Waals surface area (Å²) in [5, 5.41) is 3.34. The number of nitrogens with one attached hydrogen (secondary N) is 2. The monoisotopic (exact) mass is 272 g/mol.